The maximum atomic E-state index is 8.00. The highest BCUT2D eigenvalue weighted by atomic mass is 16.5. The first-order chi connectivity index (χ1) is 10.6. The van der Waals surface area contributed by atoms with Gasteiger partial charge < -0.3 is 19.7 Å². The number of aromatic nitrogens is 1. The van der Waals surface area contributed by atoms with Crippen molar-refractivity contribution in [3.05, 3.63) is 35.2 Å². The van der Waals surface area contributed by atoms with Crippen LogP contribution in [0.1, 0.15) is 42.7 Å². The summed E-state index contributed by atoms with van der Waals surface area (Å²) in [5.74, 6) is 1.93. The molecule has 1 aliphatic carbocycles. The van der Waals surface area contributed by atoms with Crippen LogP contribution in [0.3, 0.4) is 0 Å². The van der Waals surface area contributed by atoms with Gasteiger partial charge in [0.15, 0.2) is 5.76 Å². The van der Waals surface area contributed by atoms with Crippen LogP contribution in [-0.4, -0.2) is 16.4 Å². The van der Waals surface area contributed by atoms with Gasteiger partial charge in [0.1, 0.15) is 11.4 Å². The first kappa shape index (κ1) is 14.8. The highest BCUT2D eigenvalue weighted by molar-refractivity contribution is 5.51. The third-order valence-electron chi connectivity index (χ3n) is 4.14. The molecule has 0 spiro atoms. The second kappa shape index (κ2) is 6.30. The van der Waals surface area contributed by atoms with Crippen LogP contribution in [0.2, 0.25) is 0 Å². The lowest BCUT2D eigenvalue weighted by Gasteiger charge is -2.14. The van der Waals surface area contributed by atoms with Crippen LogP contribution in [0.4, 0.5) is 5.69 Å². The minimum absolute atomic E-state index is 0.273. The standard InChI is InChI=1S/C17H22N2O3/c1-11-17(12(2)22-19-11)18-10-13-7-8-15(20)16(9-13)21-14-5-3-4-6-14/h7-9,14,18,20H,3-6,10H2,1-2H3/p+1. The maximum Gasteiger partial charge on any atom is 0.296 e. The maximum absolute atomic E-state index is 8.00. The summed E-state index contributed by atoms with van der Waals surface area (Å²) in [6.07, 6.45) is 4.92. The Morgan fingerprint density at radius 1 is 1.32 bits per heavy atom. The molecule has 22 heavy (non-hydrogen) atoms. The van der Waals surface area contributed by atoms with E-state index in [1.807, 2.05) is 26.0 Å². The molecule has 0 aliphatic heterocycles. The average molecular weight is 303 g/mol. The Kier molecular flexibility index (Phi) is 4.22. The molecular formula is C17H23N2O3+. The van der Waals surface area contributed by atoms with Crippen LogP contribution < -0.4 is 10.1 Å². The molecule has 1 saturated carbocycles. The Morgan fingerprint density at radius 2 is 2.09 bits per heavy atom. The van der Waals surface area contributed by atoms with Crippen LogP contribution in [0.15, 0.2) is 22.7 Å². The zero-order valence-electron chi connectivity index (χ0n) is 13.1. The van der Waals surface area contributed by atoms with E-state index in [1.165, 1.54) is 12.8 Å². The van der Waals surface area contributed by atoms with Gasteiger partial charge in [-0.1, -0.05) is 5.16 Å². The molecule has 3 N–H and O–H groups in total. The zero-order valence-corrected chi connectivity index (χ0v) is 13.1. The number of benzene rings is 1. The van der Waals surface area contributed by atoms with Gasteiger partial charge in [-0.05, 0) is 57.2 Å². The number of nitrogens with zero attached hydrogens (tertiary/aromatic N) is 1. The molecule has 5 heteroatoms. The van der Waals surface area contributed by atoms with Gasteiger partial charge in [-0.2, -0.15) is 0 Å². The van der Waals surface area contributed by atoms with Crippen molar-refractivity contribution in [2.24, 2.45) is 0 Å². The highest BCUT2D eigenvalue weighted by Crippen LogP contribution is 2.32. The van der Waals surface area contributed by atoms with Crippen LogP contribution in [0.25, 0.3) is 0 Å². The fraction of sp³-hybridized carbons (Fsp3) is 0.471. The van der Waals surface area contributed by atoms with Crippen molar-refractivity contribution in [3.63, 3.8) is 0 Å². The summed E-state index contributed by atoms with van der Waals surface area (Å²) in [6, 6.07) is 5.72. The molecule has 0 radical (unpaired) electrons. The van der Waals surface area contributed by atoms with Gasteiger partial charge in [0.05, 0.1) is 6.10 Å². The molecule has 1 aromatic carbocycles. The first-order valence-corrected chi connectivity index (χ1v) is 7.81. The van der Waals surface area contributed by atoms with Gasteiger partial charge in [-0.3, -0.25) is 0 Å². The quantitative estimate of drug-likeness (QED) is 0.856. The van der Waals surface area contributed by atoms with Gasteiger partial charge >= 0.3 is 0 Å². The highest BCUT2D eigenvalue weighted by Gasteiger charge is 2.19. The Balaban J connectivity index is 1.68. The van der Waals surface area contributed by atoms with E-state index in [4.69, 9.17) is 14.4 Å². The average Bonchev–Trinajstić information content (AvgIpc) is 3.11. The van der Waals surface area contributed by atoms with E-state index in [2.05, 4.69) is 10.5 Å². The van der Waals surface area contributed by atoms with Gasteiger partial charge in [0, 0.05) is 12.6 Å². The number of ether oxygens (including phenoxy) is 1. The molecule has 1 aromatic heterocycles. The van der Waals surface area contributed by atoms with Gasteiger partial charge in [0.25, 0.3) is 5.75 Å². The van der Waals surface area contributed by atoms with Crippen molar-refractivity contribution in [3.8, 4) is 11.5 Å². The molecule has 118 valence electrons. The second-order valence-corrected chi connectivity index (χ2v) is 5.91. The van der Waals surface area contributed by atoms with E-state index in [-0.39, 0.29) is 6.10 Å². The number of hydrogen-bond donors (Lipinski definition) is 1. The predicted octanol–water partition coefficient (Wildman–Crippen LogP) is 3.66. The Morgan fingerprint density at radius 3 is 2.77 bits per heavy atom. The number of anilines is 1. The molecule has 5 nitrogen and oxygen atoms in total. The second-order valence-electron chi connectivity index (χ2n) is 5.91. The molecule has 1 heterocycles. The van der Waals surface area contributed by atoms with E-state index in [0.29, 0.717) is 18.0 Å². The predicted molar refractivity (Wildman–Crippen MR) is 85.7 cm³/mol. The summed E-state index contributed by atoms with van der Waals surface area (Å²) in [5.41, 5.74) is 2.88. The third kappa shape index (κ3) is 3.18. The largest absolute Gasteiger partial charge is 0.591 e. The molecule has 0 atom stereocenters. The van der Waals surface area contributed by atoms with E-state index in [1.54, 1.807) is 6.07 Å². The van der Waals surface area contributed by atoms with Crippen LogP contribution in [-0.2, 0) is 6.54 Å². The lowest BCUT2D eigenvalue weighted by atomic mass is 10.2. The summed E-state index contributed by atoms with van der Waals surface area (Å²) in [5, 5.41) is 15.3. The molecule has 3 rings (SSSR count). The van der Waals surface area contributed by atoms with E-state index in [9.17, 15) is 0 Å². The topological polar surface area (TPSA) is 70.2 Å². The third-order valence-corrected chi connectivity index (χ3v) is 4.14. The monoisotopic (exact) mass is 303 g/mol. The van der Waals surface area contributed by atoms with Gasteiger partial charge in [0.2, 0.25) is 5.75 Å². The summed E-state index contributed by atoms with van der Waals surface area (Å²) in [4.78, 5) is 0. The van der Waals surface area contributed by atoms with Crippen molar-refractivity contribution in [1.29, 1.82) is 0 Å². The van der Waals surface area contributed by atoms with Gasteiger partial charge in [-0.25, -0.2) is 0 Å². The summed E-state index contributed by atoms with van der Waals surface area (Å²) >= 11 is 0. The Labute approximate surface area is 130 Å². The molecule has 1 aliphatic rings. The smallest absolute Gasteiger partial charge is 0.296 e. The van der Waals surface area contributed by atoms with Gasteiger partial charge in [-0.15, -0.1) is 0 Å². The minimum atomic E-state index is 0.273. The molecule has 0 unspecified atom stereocenters. The number of aryl methyl sites for hydroxylation is 2. The molecule has 0 bridgehead atoms. The van der Waals surface area contributed by atoms with Crippen molar-refractivity contribution in [1.82, 2.24) is 5.16 Å². The SMILES string of the molecule is Cc1noc(C)c1NCc1ccc([OH2+])c(OC2CCCC2)c1. The van der Waals surface area contributed by atoms with Crippen molar-refractivity contribution in [2.75, 3.05) is 5.32 Å². The summed E-state index contributed by atoms with van der Waals surface area (Å²) in [6.45, 7) is 4.47. The minimum Gasteiger partial charge on any atom is -0.591 e. The van der Waals surface area contributed by atoms with Crippen LogP contribution in [0.5, 0.6) is 11.5 Å². The Hall–Kier alpha value is -2.17. The van der Waals surface area contributed by atoms with Crippen molar-refractivity contribution in [2.45, 2.75) is 52.2 Å². The molecule has 0 saturated heterocycles. The lowest BCUT2D eigenvalue weighted by molar-refractivity contribution is 0.201. The van der Waals surface area contributed by atoms with E-state index >= 15 is 0 Å². The summed E-state index contributed by atoms with van der Waals surface area (Å²) in [7, 11) is 0. The van der Waals surface area contributed by atoms with Crippen LogP contribution >= 0.6 is 0 Å². The number of nitrogens with one attached hydrogen (secondary N) is 1. The molecule has 2 aromatic rings. The summed E-state index contributed by atoms with van der Waals surface area (Å²) < 4.78 is 11.1. The van der Waals surface area contributed by atoms with Crippen LogP contribution in [0, 0.1) is 13.8 Å². The number of hydrogen-bond acceptors (Lipinski definition) is 4. The van der Waals surface area contributed by atoms with E-state index in [0.717, 1.165) is 35.5 Å². The number of rotatable bonds is 5. The fourth-order valence-corrected chi connectivity index (χ4v) is 2.89. The fourth-order valence-electron chi connectivity index (χ4n) is 2.89. The Bertz CT molecular complexity index is 626. The normalized spacial score (nSPS) is 15.2. The van der Waals surface area contributed by atoms with E-state index < -0.39 is 0 Å². The van der Waals surface area contributed by atoms with Crippen molar-refractivity contribution < 1.29 is 14.4 Å². The molecular weight excluding hydrogens is 280 g/mol. The molecule has 0 amide bonds. The zero-order chi connectivity index (χ0) is 15.5. The lowest BCUT2D eigenvalue weighted by Crippen LogP contribution is -2.11. The molecule has 1 fully saturated rings. The van der Waals surface area contributed by atoms with Crippen molar-refractivity contribution >= 4 is 5.69 Å². The first-order valence-electron chi connectivity index (χ1n) is 7.81.